The Morgan fingerprint density at radius 2 is 2.22 bits per heavy atom. The average molecular weight is 406 g/mol. The zero-order chi connectivity index (χ0) is 19.6. The van der Waals surface area contributed by atoms with E-state index < -0.39 is 4.92 Å². The number of fused-ring (bicyclic) bond motifs is 1. The molecular formula is C19H20ClN3O3S. The zero-order valence-electron chi connectivity index (χ0n) is 15.1. The molecule has 0 unspecified atom stereocenters. The minimum Gasteiger partial charge on any atom is -0.266 e. The van der Waals surface area contributed by atoms with Crippen molar-refractivity contribution >= 4 is 40.2 Å². The maximum absolute atomic E-state index is 12.4. The van der Waals surface area contributed by atoms with Crippen LogP contribution in [0.4, 0.5) is 5.69 Å². The van der Waals surface area contributed by atoms with Gasteiger partial charge in [-0.15, -0.1) is 11.3 Å². The van der Waals surface area contributed by atoms with Crippen LogP contribution in [0.2, 0.25) is 5.02 Å². The first-order valence-corrected chi connectivity index (χ1v) is 9.99. The molecule has 0 fully saturated rings. The summed E-state index contributed by atoms with van der Waals surface area (Å²) < 4.78 is 0. The number of rotatable bonds is 5. The van der Waals surface area contributed by atoms with Crippen LogP contribution >= 0.6 is 22.9 Å². The van der Waals surface area contributed by atoms with Crippen LogP contribution in [0.15, 0.2) is 29.4 Å². The van der Waals surface area contributed by atoms with Crippen molar-refractivity contribution in [1.82, 2.24) is 5.43 Å². The molecule has 1 aliphatic carbocycles. The SMILES string of the molecule is CC[C@H]1CCc2sc(C(=O)N/N=C(/C)c3ccc(Cl)c([N+](=O)[O-])c3)cc2C1. The van der Waals surface area contributed by atoms with E-state index >= 15 is 0 Å². The van der Waals surface area contributed by atoms with Gasteiger partial charge in [0.05, 0.1) is 15.5 Å². The predicted octanol–water partition coefficient (Wildman–Crippen LogP) is 4.98. The highest BCUT2D eigenvalue weighted by molar-refractivity contribution is 7.14. The van der Waals surface area contributed by atoms with Crippen LogP contribution in [-0.2, 0) is 12.8 Å². The van der Waals surface area contributed by atoms with Crippen LogP contribution < -0.4 is 5.43 Å². The number of halogens is 1. The molecule has 8 heteroatoms. The molecule has 1 aliphatic rings. The summed E-state index contributed by atoms with van der Waals surface area (Å²) in [5.41, 5.74) is 4.64. The highest BCUT2D eigenvalue weighted by atomic mass is 35.5. The first kappa shape index (κ1) is 19.5. The van der Waals surface area contributed by atoms with Crippen molar-refractivity contribution < 1.29 is 9.72 Å². The summed E-state index contributed by atoms with van der Waals surface area (Å²) in [6, 6.07) is 6.40. The number of thiophene rings is 1. The topological polar surface area (TPSA) is 84.6 Å². The molecule has 1 aromatic heterocycles. The number of nitrogens with one attached hydrogen (secondary N) is 1. The Bertz CT molecular complexity index is 923. The van der Waals surface area contributed by atoms with Crippen molar-refractivity contribution in [3.63, 3.8) is 0 Å². The minimum absolute atomic E-state index is 0.0649. The lowest BCUT2D eigenvalue weighted by Crippen LogP contribution is -2.18. The minimum atomic E-state index is -0.544. The van der Waals surface area contributed by atoms with E-state index in [1.807, 2.05) is 6.07 Å². The van der Waals surface area contributed by atoms with E-state index in [-0.39, 0.29) is 16.6 Å². The van der Waals surface area contributed by atoms with Crippen LogP contribution in [-0.4, -0.2) is 16.5 Å². The lowest BCUT2D eigenvalue weighted by Gasteiger charge is -2.19. The summed E-state index contributed by atoms with van der Waals surface area (Å²) in [5, 5.41) is 15.2. The second-order valence-electron chi connectivity index (χ2n) is 6.64. The van der Waals surface area contributed by atoms with Crippen molar-refractivity contribution in [3.05, 3.63) is 60.3 Å². The first-order valence-electron chi connectivity index (χ1n) is 8.79. The van der Waals surface area contributed by atoms with Gasteiger partial charge in [-0.3, -0.25) is 14.9 Å². The fraction of sp³-hybridized carbons (Fsp3) is 0.368. The van der Waals surface area contributed by atoms with Crippen molar-refractivity contribution in [2.45, 2.75) is 39.5 Å². The van der Waals surface area contributed by atoms with Gasteiger partial charge in [-0.2, -0.15) is 5.10 Å². The third kappa shape index (κ3) is 4.36. The second kappa shape index (κ2) is 8.19. The van der Waals surface area contributed by atoms with E-state index in [1.54, 1.807) is 13.0 Å². The molecular weight excluding hydrogens is 386 g/mol. The number of carbonyl (C=O) groups is 1. The number of nitro groups is 1. The molecule has 0 saturated heterocycles. The van der Waals surface area contributed by atoms with Crippen molar-refractivity contribution in [2.24, 2.45) is 11.0 Å². The smallest absolute Gasteiger partial charge is 0.266 e. The normalized spacial score (nSPS) is 16.7. The van der Waals surface area contributed by atoms with Crippen molar-refractivity contribution in [3.8, 4) is 0 Å². The van der Waals surface area contributed by atoms with Gasteiger partial charge >= 0.3 is 0 Å². The largest absolute Gasteiger partial charge is 0.288 e. The third-order valence-corrected chi connectivity index (χ3v) is 6.43. The van der Waals surface area contributed by atoms with E-state index in [2.05, 4.69) is 17.5 Å². The molecule has 3 rings (SSSR count). The van der Waals surface area contributed by atoms with Gasteiger partial charge in [-0.1, -0.05) is 31.0 Å². The summed E-state index contributed by atoms with van der Waals surface area (Å²) in [6.07, 6.45) is 4.40. The number of hydrogen-bond donors (Lipinski definition) is 1. The average Bonchev–Trinajstić information content (AvgIpc) is 3.09. The molecule has 1 heterocycles. The maximum atomic E-state index is 12.4. The van der Waals surface area contributed by atoms with Crippen LogP contribution in [0.25, 0.3) is 0 Å². The molecule has 2 aromatic rings. The van der Waals surface area contributed by atoms with Gasteiger partial charge in [-0.05, 0) is 49.8 Å². The van der Waals surface area contributed by atoms with E-state index in [4.69, 9.17) is 11.6 Å². The van der Waals surface area contributed by atoms with Gasteiger partial charge in [0.15, 0.2) is 0 Å². The highest BCUT2D eigenvalue weighted by Crippen LogP contribution is 2.33. The van der Waals surface area contributed by atoms with Crippen LogP contribution in [0, 0.1) is 16.0 Å². The van der Waals surface area contributed by atoms with Gasteiger partial charge in [0, 0.05) is 16.5 Å². The molecule has 0 aliphatic heterocycles. The molecule has 0 radical (unpaired) electrons. The predicted molar refractivity (Wildman–Crippen MR) is 108 cm³/mol. The van der Waals surface area contributed by atoms with E-state index in [0.717, 1.165) is 19.3 Å². The number of benzene rings is 1. The second-order valence-corrected chi connectivity index (χ2v) is 8.18. The first-order chi connectivity index (χ1) is 12.9. The number of nitro benzene ring substituents is 1. The van der Waals surface area contributed by atoms with E-state index in [0.29, 0.717) is 22.1 Å². The Morgan fingerprint density at radius 1 is 1.44 bits per heavy atom. The monoisotopic (exact) mass is 405 g/mol. The van der Waals surface area contributed by atoms with Crippen molar-refractivity contribution in [1.29, 1.82) is 0 Å². The molecule has 0 saturated carbocycles. The molecule has 1 aromatic carbocycles. The summed E-state index contributed by atoms with van der Waals surface area (Å²) in [4.78, 5) is 24.8. The number of amides is 1. The number of hydrogen-bond acceptors (Lipinski definition) is 5. The fourth-order valence-corrected chi connectivity index (χ4v) is 4.48. The lowest BCUT2D eigenvalue weighted by atomic mass is 9.87. The molecule has 1 amide bonds. The molecule has 1 N–H and O–H groups in total. The number of carbonyl (C=O) groups excluding carboxylic acids is 1. The number of nitrogens with zero attached hydrogens (tertiary/aromatic N) is 2. The molecule has 6 nitrogen and oxygen atoms in total. The van der Waals surface area contributed by atoms with E-state index in [1.165, 1.54) is 40.3 Å². The Balaban J connectivity index is 1.72. The van der Waals surface area contributed by atoms with Gasteiger partial charge in [0.2, 0.25) is 0 Å². The van der Waals surface area contributed by atoms with Crippen LogP contribution in [0.3, 0.4) is 0 Å². The highest BCUT2D eigenvalue weighted by Gasteiger charge is 2.22. The van der Waals surface area contributed by atoms with Crippen LogP contribution in [0.1, 0.15) is 52.4 Å². The molecule has 142 valence electrons. The van der Waals surface area contributed by atoms with E-state index in [9.17, 15) is 14.9 Å². The summed E-state index contributed by atoms with van der Waals surface area (Å²) in [5.74, 6) is 0.439. The van der Waals surface area contributed by atoms with Gasteiger partial charge in [-0.25, -0.2) is 5.43 Å². The lowest BCUT2D eigenvalue weighted by molar-refractivity contribution is -0.384. The van der Waals surface area contributed by atoms with Crippen molar-refractivity contribution in [2.75, 3.05) is 0 Å². The Kier molecular flexibility index (Phi) is 5.92. The Labute approximate surface area is 166 Å². The van der Waals surface area contributed by atoms with Gasteiger partial charge in [0.25, 0.3) is 11.6 Å². The molecule has 0 bridgehead atoms. The summed E-state index contributed by atoms with van der Waals surface area (Å²) in [7, 11) is 0. The quantitative estimate of drug-likeness (QED) is 0.432. The third-order valence-electron chi connectivity index (χ3n) is 4.87. The van der Waals surface area contributed by atoms with Gasteiger partial charge < -0.3 is 0 Å². The van der Waals surface area contributed by atoms with Crippen LogP contribution in [0.5, 0.6) is 0 Å². The number of aryl methyl sites for hydroxylation is 1. The van der Waals surface area contributed by atoms with Gasteiger partial charge in [0.1, 0.15) is 5.02 Å². The molecule has 27 heavy (non-hydrogen) atoms. The fourth-order valence-electron chi connectivity index (χ4n) is 3.19. The number of hydrazone groups is 1. The standard InChI is InChI=1S/C19H20ClN3O3S/c1-3-12-4-7-17-14(8-12)10-18(27-17)19(24)22-21-11(2)13-5-6-15(20)16(9-13)23(25)26/h5-6,9-10,12H,3-4,7-8H2,1-2H3,(H,22,24)/b21-11-/t12-/m0/s1. The Morgan fingerprint density at radius 3 is 2.93 bits per heavy atom. The summed E-state index contributed by atoms with van der Waals surface area (Å²) >= 11 is 7.35. The zero-order valence-corrected chi connectivity index (χ0v) is 16.7. The Hall–Kier alpha value is -2.25. The summed E-state index contributed by atoms with van der Waals surface area (Å²) in [6.45, 7) is 3.88. The molecule has 1 atom stereocenters. The molecule has 0 spiro atoms. The maximum Gasteiger partial charge on any atom is 0.288 e.